The van der Waals surface area contributed by atoms with Crippen molar-refractivity contribution < 1.29 is 19.1 Å². The van der Waals surface area contributed by atoms with E-state index in [0.717, 1.165) is 11.4 Å². The second kappa shape index (κ2) is 11.5. The van der Waals surface area contributed by atoms with Crippen molar-refractivity contribution in [2.45, 2.75) is 33.0 Å². The van der Waals surface area contributed by atoms with Crippen LogP contribution in [0.4, 0.5) is 0 Å². The van der Waals surface area contributed by atoms with Crippen molar-refractivity contribution in [1.82, 2.24) is 14.8 Å². The van der Waals surface area contributed by atoms with E-state index in [4.69, 9.17) is 9.47 Å². The number of nitrogens with zero attached hydrogens (tertiary/aromatic N) is 3. The molecular weight excluding hydrogens is 394 g/mol. The highest BCUT2D eigenvalue weighted by Crippen LogP contribution is 2.14. The van der Waals surface area contributed by atoms with Gasteiger partial charge in [0.05, 0.1) is 38.0 Å². The van der Waals surface area contributed by atoms with Crippen LogP contribution in [0.3, 0.4) is 0 Å². The molecule has 31 heavy (non-hydrogen) atoms. The van der Waals surface area contributed by atoms with Crippen molar-refractivity contribution in [3.05, 3.63) is 60.4 Å². The van der Waals surface area contributed by atoms with Gasteiger partial charge in [0.1, 0.15) is 5.75 Å². The van der Waals surface area contributed by atoms with Gasteiger partial charge in [0, 0.05) is 25.8 Å². The second-order valence-corrected chi connectivity index (χ2v) is 8.13. The van der Waals surface area contributed by atoms with E-state index in [1.807, 2.05) is 53.4 Å². The van der Waals surface area contributed by atoms with Crippen LogP contribution in [-0.2, 0) is 20.9 Å². The second-order valence-electron chi connectivity index (χ2n) is 8.13. The molecule has 0 aliphatic carbocycles. The molecule has 0 saturated carbocycles. The first kappa shape index (κ1) is 22.7. The molecule has 3 rings (SSSR count). The van der Waals surface area contributed by atoms with Gasteiger partial charge >= 0.3 is 0 Å². The van der Waals surface area contributed by atoms with E-state index >= 15 is 0 Å². The molecule has 1 aliphatic heterocycles. The zero-order valence-electron chi connectivity index (χ0n) is 18.3. The number of rotatable bonds is 9. The molecule has 1 aliphatic rings. The van der Waals surface area contributed by atoms with Crippen molar-refractivity contribution in [2.75, 3.05) is 32.8 Å². The van der Waals surface area contributed by atoms with Crippen LogP contribution >= 0.6 is 0 Å². The van der Waals surface area contributed by atoms with Gasteiger partial charge in [-0.05, 0) is 30.2 Å². The number of carbonyl (C=O) groups is 2. The lowest BCUT2D eigenvalue weighted by Gasteiger charge is -2.25. The highest BCUT2D eigenvalue weighted by molar-refractivity contribution is 5.85. The molecule has 1 fully saturated rings. The highest BCUT2D eigenvalue weighted by Gasteiger charge is 2.31. The molecule has 7 heteroatoms. The lowest BCUT2D eigenvalue weighted by molar-refractivity contribution is -0.139. The van der Waals surface area contributed by atoms with E-state index in [-0.39, 0.29) is 37.5 Å². The Kier molecular flexibility index (Phi) is 8.41. The molecule has 1 aromatic carbocycles. The predicted octanol–water partition coefficient (Wildman–Crippen LogP) is 2.76. The van der Waals surface area contributed by atoms with E-state index in [2.05, 4.69) is 18.8 Å². The molecule has 0 spiro atoms. The van der Waals surface area contributed by atoms with Crippen molar-refractivity contribution in [3.8, 4) is 5.75 Å². The van der Waals surface area contributed by atoms with Crippen LogP contribution in [0.15, 0.2) is 54.7 Å². The molecular formula is C24H31N3O4. The zero-order chi connectivity index (χ0) is 22.1. The molecule has 0 bridgehead atoms. The number of carbonyl (C=O) groups excluding carboxylic acids is 2. The predicted molar refractivity (Wildman–Crippen MR) is 117 cm³/mol. The van der Waals surface area contributed by atoms with E-state index in [1.165, 1.54) is 0 Å². The van der Waals surface area contributed by atoms with Crippen LogP contribution in [0.2, 0.25) is 0 Å². The maximum Gasteiger partial charge on any atom is 0.242 e. The Balaban J connectivity index is 1.61. The number of hydrogen-bond donors (Lipinski definition) is 0. The summed E-state index contributed by atoms with van der Waals surface area (Å²) >= 11 is 0. The van der Waals surface area contributed by atoms with Crippen molar-refractivity contribution in [3.63, 3.8) is 0 Å². The van der Waals surface area contributed by atoms with Gasteiger partial charge in [0.15, 0.2) is 0 Å². The van der Waals surface area contributed by atoms with E-state index in [0.29, 0.717) is 32.2 Å². The summed E-state index contributed by atoms with van der Waals surface area (Å²) in [6, 6.07) is 15.1. The number of para-hydroxylation sites is 1. The first-order valence-corrected chi connectivity index (χ1v) is 10.8. The Morgan fingerprint density at radius 3 is 2.61 bits per heavy atom. The number of aromatic nitrogens is 1. The monoisotopic (exact) mass is 425 g/mol. The average Bonchev–Trinajstić information content (AvgIpc) is 2.92. The van der Waals surface area contributed by atoms with Crippen molar-refractivity contribution in [1.29, 1.82) is 0 Å². The summed E-state index contributed by atoms with van der Waals surface area (Å²) in [5, 5.41) is 0. The van der Waals surface area contributed by atoms with Crippen LogP contribution in [0.25, 0.3) is 0 Å². The van der Waals surface area contributed by atoms with Crippen LogP contribution < -0.4 is 4.74 Å². The van der Waals surface area contributed by atoms with Gasteiger partial charge in [-0.15, -0.1) is 0 Å². The summed E-state index contributed by atoms with van der Waals surface area (Å²) in [6.07, 6.45) is 1.66. The highest BCUT2D eigenvalue weighted by atomic mass is 16.5. The lowest BCUT2D eigenvalue weighted by atomic mass is 10.2. The fourth-order valence-electron chi connectivity index (χ4n) is 3.51. The molecule has 1 atom stereocenters. The number of amides is 2. The molecule has 2 aromatic rings. The van der Waals surface area contributed by atoms with Gasteiger partial charge in [-0.3, -0.25) is 14.6 Å². The Hall–Kier alpha value is -2.93. The van der Waals surface area contributed by atoms with E-state index < -0.39 is 0 Å². The fraction of sp³-hybridized carbons (Fsp3) is 0.458. The summed E-state index contributed by atoms with van der Waals surface area (Å²) < 4.78 is 11.7. The Morgan fingerprint density at radius 2 is 1.90 bits per heavy atom. The maximum atomic E-state index is 12.8. The number of ether oxygens (including phenoxy) is 2. The quantitative estimate of drug-likeness (QED) is 0.618. The standard InChI is InChI=1S/C24H31N3O4/c1-19(2)14-26-15-22(31-18-20-8-6-7-12-25-20)16-27(17-24(26)29)23(28)11-13-30-21-9-4-3-5-10-21/h3-10,12,19,22H,11,13-18H2,1-2H3/t22-/m1/s1. The van der Waals surface area contributed by atoms with Gasteiger partial charge in [-0.25, -0.2) is 0 Å². The molecule has 0 N–H and O–H groups in total. The Labute approximate surface area is 184 Å². The third-order valence-electron chi connectivity index (χ3n) is 4.99. The first-order chi connectivity index (χ1) is 15.0. The maximum absolute atomic E-state index is 12.8. The normalized spacial score (nSPS) is 17.0. The molecule has 1 aromatic heterocycles. The first-order valence-electron chi connectivity index (χ1n) is 10.8. The Bertz CT molecular complexity index is 829. The summed E-state index contributed by atoms with van der Waals surface area (Å²) in [4.78, 5) is 33.3. The lowest BCUT2D eigenvalue weighted by Crippen LogP contribution is -2.40. The number of pyridine rings is 1. The zero-order valence-corrected chi connectivity index (χ0v) is 18.3. The number of hydrogen-bond acceptors (Lipinski definition) is 5. The minimum Gasteiger partial charge on any atom is -0.493 e. The smallest absolute Gasteiger partial charge is 0.242 e. The summed E-state index contributed by atoms with van der Waals surface area (Å²) in [6.45, 7) is 6.31. The minimum absolute atomic E-state index is 0.0463. The van der Waals surface area contributed by atoms with Gasteiger partial charge in [0.2, 0.25) is 11.8 Å². The molecule has 0 unspecified atom stereocenters. The molecule has 2 heterocycles. The summed E-state index contributed by atoms with van der Waals surface area (Å²) in [7, 11) is 0. The number of benzene rings is 1. The van der Waals surface area contributed by atoms with Gasteiger partial charge < -0.3 is 19.3 Å². The molecule has 2 amide bonds. The van der Waals surface area contributed by atoms with E-state index in [1.54, 1.807) is 11.1 Å². The van der Waals surface area contributed by atoms with Gasteiger partial charge in [-0.1, -0.05) is 38.1 Å². The van der Waals surface area contributed by atoms with Crippen molar-refractivity contribution >= 4 is 11.8 Å². The SMILES string of the molecule is CC(C)CN1C[C@@H](OCc2ccccn2)CN(C(=O)CCOc2ccccc2)CC1=O. The van der Waals surface area contributed by atoms with Crippen LogP contribution in [0.5, 0.6) is 5.75 Å². The van der Waals surface area contributed by atoms with Crippen LogP contribution in [0.1, 0.15) is 26.0 Å². The summed E-state index contributed by atoms with van der Waals surface area (Å²) in [5.74, 6) is 0.904. The minimum atomic E-state index is -0.272. The third-order valence-corrected chi connectivity index (χ3v) is 4.99. The molecule has 1 saturated heterocycles. The van der Waals surface area contributed by atoms with Crippen LogP contribution in [-0.4, -0.2) is 65.5 Å². The topological polar surface area (TPSA) is 72.0 Å². The average molecular weight is 426 g/mol. The van der Waals surface area contributed by atoms with Crippen molar-refractivity contribution in [2.24, 2.45) is 5.92 Å². The summed E-state index contributed by atoms with van der Waals surface area (Å²) in [5.41, 5.74) is 0.822. The van der Waals surface area contributed by atoms with E-state index in [9.17, 15) is 9.59 Å². The third kappa shape index (κ3) is 7.36. The molecule has 0 radical (unpaired) electrons. The fourth-order valence-corrected chi connectivity index (χ4v) is 3.51. The molecule has 166 valence electrons. The Morgan fingerprint density at radius 1 is 1.13 bits per heavy atom. The van der Waals surface area contributed by atoms with Gasteiger partial charge in [-0.2, -0.15) is 0 Å². The molecule has 7 nitrogen and oxygen atoms in total. The largest absolute Gasteiger partial charge is 0.493 e. The van der Waals surface area contributed by atoms with Gasteiger partial charge in [0.25, 0.3) is 0 Å². The van der Waals surface area contributed by atoms with Crippen LogP contribution in [0, 0.1) is 5.92 Å².